The van der Waals surface area contributed by atoms with Gasteiger partial charge in [0.1, 0.15) is 25.4 Å². The molecule has 28 heteroatoms. The van der Waals surface area contributed by atoms with Gasteiger partial charge in [-0.15, -0.1) is 10.2 Å². The third-order valence-electron chi connectivity index (χ3n) is 7.99. The number of carbonyl (C=O) groups excluding carboxylic acids is 8. The SMILES string of the molecule is CC(=O)OC[C@H]1O[C@@H](Sc2nc(SCCCSc3n[nH]c(S[C@@H]4O[C@H](COC(C)=O)[C@@H](OC(C)=O)[C@H](OC(C)=O)[C@H]4OC(C)=O)n3)n[nH]2)[C@H](OC(C)=O)[C@@H](OC(C)=O)[C@@H]1OC(C)=O. The lowest BCUT2D eigenvalue weighted by atomic mass is 9.99. The van der Waals surface area contributed by atoms with Gasteiger partial charge in [-0.3, -0.25) is 48.6 Å². The van der Waals surface area contributed by atoms with Crippen LogP contribution in [-0.4, -0.2) is 163 Å². The third kappa shape index (κ3) is 16.5. The van der Waals surface area contributed by atoms with E-state index in [0.29, 0.717) is 28.2 Å². The summed E-state index contributed by atoms with van der Waals surface area (Å²) in [4.78, 5) is 105. The second-order valence-electron chi connectivity index (χ2n) is 13.3. The zero-order chi connectivity index (χ0) is 46.4. The van der Waals surface area contributed by atoms with Crippen molar-refractivity contribution in [2.45, 2.75) is 142 Å². The molecule has 2 aliphatic rings. The molecule has 0 amide bonds. The standard InChI is InChI=1S/C35H46N6O18S4/c1-14(42)50-12-22-24(52-16(3)44)26(54-18(5)46)28(56-20(7)48)30(58-22)62-34-36-32(38-40-34)60-10-9-11-61-33-37-35(41-39-33)63-31-29(57-21(8)49)27(55-19(6)47)25(53-17(4)45)23(59-31)13-51-15(2)43/h22-31H,9-13H2,1-8H3,(H,36,38,40)(H,37,39,41)/t22-,23-,24-,25-,26+,27+,28-,29-,30+,31+/m1/s1. The molecule has 0 spiro atoms. The van der Waals surface area contributed by atoms with Crippen LogP contribution in [0.5, 0.6) is 0 Å². The van der Waals surface area contributed by atoms with Gasteiger partial charge in [-0.25, -0.2) is 0 Å². The van der Waals surface area contributed by atoms with E-state index in [4.69, 9.17) is 47.4 Å². The van der Waals surface area contributed by atoms with E-state index < -0.39 is 107 Å². The van der Waals surface area contributed by atoms with Gasteiger partial charge in [0.05, 0.1) is 0 Å². The molecule has 63 heavy (non-hydrogen) atoms. The summed E-state index contributed by atoms with van der Waals surface area (Å²) in [5.74, 6) is -4.64. The molecule has 0 bridgehead atoms. The van der Waals surface area contributed by atoms with Crippen LogP contribution in [0.3, 0.4) is 0 Å². The van der Waals surface area contributed by atoms with E-state index in [1.54, 1.807) is 0 Å². The molecule has 2 aromatic rings. The molecule has 0 aliphatic carbocycles. The number of ether oxygens (including phenoxy) is 10. The van der Waals surface area contributed by atoms with Gasteiger partial charge in [-0.1, -0.05) is 47.0 Å². The Labute approximate surface area is 376 Å². The van der Waals surface area contributed by atoms with Crippen molar-refractivity contribution in [3.05, 3.63) is 0 Å². The van der Waals surface area contributed by atoms with Crippen LogP contribution in [0.25, 0.3) is 0 Å². The smallest absolute Gasteiger partial charge is 0.303 e. The molecule has 0 aromatic carbocycles. The van der Waals surface area contributed by atoms with Crippen LogP contribution >= 0.6 is 47.0 Å². The first-order chi connectivity index (χ1) is 29.8. The highest BCUT2D eigenvalue weighted by Gasteiger charge is 2.54. The van der Waals surface area contributed by atoms with Crippen LogP contribution in [0.15, 0.2) is 20.6 Å². The normalized spacial score (nSPS) is 25.5. The van der Waals surface area contributed by atoms with Gasteiger partial charge < -0.3 is 47.4 Å². The Hall–Kier alpha value is -4.64. The molecule has 2 saturated heterocycles. The Balaban J connectivity index is 1.37. The molecule has 10 atom stereocenters. The van der Waals surface area contributed by atoms with E-state index in [9.17, 15) is 38.4 Å². The Morgan fingerprint density at radius 3 is 1.11 bits per heavy atom. The molecule has 2 fully saturated rings. The van der Waals surface area contributed by atoms with Crippen LogP contribution in [0.4, 0.5) is 0 Å². The summed E-state index contributed by atoms with van der Waals surface area (Å²) in [5.41, 5.74) is -2.19. The van der Waals surface area contributed by atoms with E-state index in [0.717, 1.165) is 65.1 Å². The Bertz CT molecular complexity index is 1820. The predicted molar refractivity (Wildman–Crippen MR) is 214 cm³/mol. The molecule has 0 saturated carbocycles. The highest BCUT2D eigenvalue weighted by atomic mass is 32.2. The molecule has 4 heterocycles. The fraction of sp³-hybridized carbons (Fsp3) is 0.657. The molecule has 24 nitrogen and oxygen atoms in total. The van der Waals surface area contributed by atoms with E-state index >= 15 is 0 Å². The first-order valence-corrected chi connectivity index (χ1v) is 22.6. The van der Waals surface area contributed by atoms with E-state index in [2.05, 4.69) is 30.4 Å². The van der Waals surface area contributed by atoms with Crippen LogP contribution in [0, 0.1) is 0 Å². The number of nitrogens with one attached hydrogen (secondary N) is 2. The van der Waals surface area contributed by atoms with Crippen molar-refractivity contribution in [1.82, 2.24) is 30.4 Å². The summed E-state index contributed by atoms with van der Waals surface area (Å²) in [5, 5.41) is 15.3. The Kier molecular flexibility index (Phi) is 19.8. The Morgan fingerprint density at radius 2 is 0.794 bits per heavy atom. The Morgan fingerprint density at radius 1 is 0.476 bits per heavy atom. The first kappa shape index (κ1) is 51.0. The number of H-pyrrole nitrogens is 2. The zero-order valence-corrected chi connectivity index (χ0v) is 38.3. The van der Waals surface area contributed by atoms with Crippen LogP contribution in [0.1, 0.15) is 61.8 Å². The average molecular weight is 967 g/mol. The number of carbonyl (C=O) groups is 8. The van der Waals surface area contributed by atoms with Crippen molar-refractivity contribution < 1.29 is 85.7 Å². The van der Waals surface area contributed by atoms with E-state index in [1.165, 1.54) is 37.4 Å². The van der Waals surface area contributed by atoms with Gasteiger partial charge >= 0.3 is 47.8 Å². The number of rotatable bonds is 20. The highest BCUT2D eigenvalue weighted by molar-refractivity contribution is 8.00. The van der Waals surface area contributed by atoms with Gasteiger partial charge in [-0.05, 0) is 6.42 Å². The number of nitrogens with zero attached hydrogens (tertiary/aromatic N) is 4. The summed E-state index contributed by atoms with van der Waals surface area (Å²) in [6, 6.07) is 0. The van der Waals surface area contributed by atoms with Gasteiger partial charge in [0.2, 0.25) is 10.3 Å². The maximum atomic E-state index is 12.2. The van der Waals surface area contributed by atoms with Gasteiger partial charge in [0, 0.05) is 66.9 Å². The summed E-state index contributed by atoms with van der Waals surface area (Å²) in [6.45, 7) is 8.42. The van der Waals surface area contributed by atoms with Crippen molar-refractivity contribution in [3.63, 3.8) is 0 Å². The van der Waals surface area contributed by atoms with E-state index in [1.807, 2.05) is 0 Å². The second kappa shape index (κ2) is 24.4. The molecule has 0 radical (unpaired) electrons. The molecule has 2 aromatic heterocycles. The summed E-state index contributed by atoms with van der Waals surface area (Å²) < 4.78 is 55.3. The lowest BCUT2D eigenvalue weighted by Crippen LogP contribution is -2.61. The quantitative estimate of drug-likeness (QED) is 0.0823. The number of hydrogen-bond donors (Lipinski definition) is 2. The molecular formula is C35H46N6O18S4. The minimum atomic E-state index is -1.33. The van der Waals surface area contributed by atoms with Gasteiger partial charge in [-0.2, -0.15) is 9.97 Å². The molecule has 0 unspecified atom stereocenters. The van der Waals surface area contributed by atoms with Crippen molar-refractivity contribution in [2.24, 2.45) is 0 Å². The monoisotopic (exact) mass is 966 g/mol. The highest BCUT2D eigenvalue weighted by Crippen LogP contribution is 2.39. The van der Waals surface area contributed by atoms with Crippen molar-refractivity contribution >= 4 is 94.8 Å². The maximum Gasteiger partial charge on any atom is 0.303 e. The predicted octanol–water partition coefficient (Wildman–Crippen LogP) is 1.55. The number of aromatic amines is 2. The summed E-state index contributed by atoms with van der Waals surface area (Å²) in [7, 11) is 0. The lowest BCUT2D eigenvalue weighted by molar-refractivity contribution is -0.237. The number of thioether (sulfide) groups is 4. The van der Waals surface area contributed by atoms with Crippen LogP contribution in [-0.2, 0) is 85.7 Å². The zero-order valence-electron chi connectivity index (χ0n) is 35.1. The lowest BCUT2D eigenvalue weighted by Gasteiger charge is -2.43. The molecule has 348 valence electrons. The minimum Gasteiger partial charge on any atom is -0.463 e. The van der Waals surface area contributed by atoms with Crippen molar-refractivity contribution in [1.29, 1.82) is 0 Å². The topological polar surface area (TPSA) is 312 Å². The van der Waals surface area contributed by atoms with Crippen molar-refractivity contribution in [2.75, 3.05) is 24.7 Å². The largest absolute Gasteiger partial charge is 0.463 e. The average Bonchev–Trinajstić information content (AvgIpc) is 3.82. The molecule has 2 aliphatic heterocycles. The van der Waals surface area contributed by atoms with Crippen LogP contribution < -0.4 is 0 Å². The second-order valence-corrected chi connectivity index (χ2v) is 17.6. The van der Waals surface area contributed by atoms with Gasteiger partial charge in [0.15, 0.2) is 57.8 Å². The molecule has 4 rings (SSSR count). The number of aromatic nitrogens is 6. The first-order valence-electron chi connectivity index (χ1n) is 18.8. The third-order valence-corrected chi connectivity index (χ3v) is 11.9. The number of esters is 8. The fourth-order valence-corrected chi connectivity index (χ4v) is 9.65. The van der Waals surface area contributed by atoms with E-state index in [-0.39, 0.29) is 23.5 Å². The van der Waals surface area contributed by atoms with Crippen LogP contribution in [0.2, 0.25) is 0 Å². The molecule has 2 N–H and O–H groups in total. The van der Waals surface area contributed by atoms with Crippen molar-refractivity contribution in [3.8, 4) is 0 Å². The number of hydrogen-bond acceptors (Lipinski definition) is 26. The summed E-state index contributed by atoms with van der Waals surface area (Å²) in [6.07, 6.45) is -9.42. The maximum absolute atomic E-state index is 12.2. The van der Waals surface area contributed by atoms with Gasteiger partial charge in [0.25, 0.3) is 0 Å². The minimum absolute atomic E-state index is 0.246. The fourth-order valence-electron chi connectivity index (χ4n) is 5.87. The summed E-state index contributed by atoms with van der Waals surface area (Å²) >= 11 is 4.56. The molecular weight excluding hydrogens is 921 g/mol.